The highest BCUT2D eigenvalue weighted by atomic mass is 15.3. The van der Waals surface area contributed by atoms with E-state index in [0.717, 1.165) is 5.70 Å². The minimum Gasteiger partial charge on any atom is -0.384 e. The first-order valence-corrected chi connectivity index (χ1v) is 4.05. The largest absolute Gasteiger partial charge is 0.384 e. The molecule has 2 N–H and O–H groups in total. The molecular formula is C10H13N3. The molecule has 0 aromatic carbocycles. The van der Waals surface area contributed by atoms with E-state index in [9.17, 15) is 0 Å². The lowest BCUT2D eigenvalue weighted by Gasteiger charge is -2.02. The molecule has 0 spiro atoms. The fourth-order valence-corrected chi connectivity index (χ4v) is 0.949. The van der Waals surface area contributed by atoms with Crippen LogP contribution in [0.4, 0.5) is 5.82 Å². The van der Waals surface area contributed by atoms with Crippen molar-refractivity contribution in [2.24, 2.45) is 0 Å². The van der Waals surface area contributed by atoms with E-state index < -0.39 is 0 Å². The van der Waals surface area contributed by atoms with Crippen molar-refractivity contribution in [3.63, 3.8) is 0 Å². The molecule has 0 aliphatic heterocycles. The zero-order chi connectivity index (χ0) is 9.68. The number of rotatable bonds is 3. The number of anilines is 1. The average molecular weight is 175 g/mol. The van der Waals surface area contributed by atoms with E-state index in [1.165, 1.54) is 0 Å². The molecule has 3 nitrogen and oxygen atoms in total. The summed E-state index contributed by atoms with van der Waals surface area (Å²) in [5.41, 5.74) is 6.54. The van der Waals surface area contributed by atoms with Gasteiger partial charge >= 0.3 is 0 Å². The van der Waals surface area contributed by atoms with Gasteiger partial charge in [0.25, 0.3) is 0 Å². The first-order chi connectivity index (χ1) is 6.29. The zero-order valence-corrected chi connectivity index (χ0v) is 7.64. The Morgan fingerprint density at radius 1 is 1.69 bits per heavy atom. The van der Waals surface area contributed by atoms with Gasteiger partial charge in [0.15, 0.2) is 0 Å². The van der Waals surface area contributed by atoms with Crippen LogP contribution in [0.15, 0.2) is 43.1 Å². The predicted molar refractivity (Wildman–Crippen MR) is 55.9 cm³/mol. The molecule has 0 fully saturated rings. The molecule has 1 aromatic rings. The van der Waals surface area contributed by atoms with Crippen molar-refractivity contribution >= 4 is 11.5 Å². The Hall–Kier alpha value is -1.77. The van der Waals surface area contributed by atoms with Crippen LogP contribution in [0.5, 0.6) is 0 Å². The van der Waals surface area contributed by atoms with Crippen LogP contribution in [-0.4, -0.2) is 9.78 Å². The van der Waals surface area contributed by atoms with Crippen molar-refractivity contribution in [3.05, 3.63) is 43.1 Å². The molecule has 0 aliphatic carbocycles. The van der Waals surface area contributed by atoms with E-state index in [4.69, 9.17) is 5.73 Å². The molecule has 13 heavy (non-hydrogen) atoms. The highest BCUT2D eigenvalue weighted by Gasteiger charge is 1.98. The Bertz CT molecular complexity index is 345. The van der Waals surface area contributed by atoms with Gasteiger partial charge in [0.1, 0.15) is 5.82 Å². The van der Waals surface area contributed by atoms with Gasteiger partial charge in [0.2, 0.25) is 0 Å². The quantitative estimate of drug-likeness (QED) is 0.715. The summed E-state index contributed by atoms with van der Waals surface area (Å²) in [6.07, 6.45) is 9.11. The lowest BCUT2D eigenvalue weighted by Crippen LogP contribution is -2.01. The summed E-state index contributed by atoms with van der Waals surface area (Å²) in [6, 6.07) is 1.74. The third-order valence-corrected chi connectivity index (χ3v) is 1.59. The molecule has 1 aromatic heterocycles. The molecule has 0 amide bonds. The highest BCUT2D eigenvalue weighted by Crippen LogP contribution is 2.10. The SMILES string of the molecule is C=C/C(=C\C=C/C)n1nccc1N. The molecule has 3 heteroatoms. The van der Waals surface area contributed by atoms with Crippen molar-refractivity contribution in [1.29, 1.82) is 0 Å². The van der Waals surface area contributed by atoms with Crippen LogP contribution in [0.3, 0.4) is 0 Å². The maximum Gasteiger partial charge on any atom is 0.127 e. The zero-order valence-electron chi connectivity index (χ0n) is 7.64. The minimum absolute atomic E-state index is 0.607. The maximum atomic E-state index is 5.68. The monoisotopic (exact) mass is 175 g/mol. The second kappa shape index (κ2) is 4.30. The van der Waals surface area contributed by atoms with Crippen molar-refractivity contribution in [2.75, 3.05) is 5.73 Å². The van der Waals surface area contributed by atoms with Gasteiger partial charge in [-0.2, -0.15) is 5.10 Å². The average Bonchev–Trinajstić information content (AvgIpc) is 2.54. The van der Waals surface area contributed by atoms with Gasteiger partial charge in [-0.15, -0.1) is 0 Å². The smallest absolute Gasteiger partial charge is 0.127 e. The van der Waals surface area contributed by atoms with Crippen molar-refractivity contribution < 1.29 is 0 Å². The Morgan fingerprint density at radius 3 is 2.92 bits per heavy atom. The first kappa shape index (κ1) is 9.32. The normalized spacial score (nSPS) is 12.2. The van der Waals surface area contributed by atoms with Gasteiger partial charge in [-0.05, 0) is 19.1 Å². The minimum atomic E-state index is 0.607. The van der Waals surface area contributed by atoms with Crippen molar-refractivity contribution in [2.45, 2.75) is 6.92 Å². The summed E-state index contributed by atoms with van der Waals surface area (Å²) in [4.78, 5) is 0. The fraction of sp³-hybridized carbons (Fsp3) is 0.100. The van der Waals surface area contributed by atoms with Crippen molar-refractivity contribution in [1.82, 2.24) is 9.78 Å². The molecule has 68 valence electrons. The van der Waals surface area contributed by atoms with E-state index >= 15 is 0 Å². The summed E-state index contributed by atoms with van der Waals surface area (Å²) in [7, 11) is 0. The summed E-state index contributed by atoms with van der Waals surface area (Å²) in [6.45, 7) is 5.64. The van der Waals surface area contributed by atoms with E-state index in [1.807, 2.05) is 25.2 Å². The van der Waals surface area contributed by atoms with Crippen LogP contribution in [0.2, 0.25) is 0 Å². The number of aromatic nitrogens is 2. The molecule has 1 rings (SSSR count). The molecule has 0 bridgehead atoms. The van der Waals surface area contributed by atoms with Gasteiger partial charge in [-0.3, -0.25) is 0 Å². The molecule has 0 unspecified atom stereocenters. The Labute approximate surface area is 77.9 Å². The highest BCUT2D eigenvalue weighted by molar-refractivity contribution is 5.61. The van der Waals surface area contributed by atoms with E-state index in [2.05, 4.69) is 11.7 Å². The second-order valence-corrected chi connectivity index (χ2v) is 2.49. The number of nitrogen functional groups attached to an aromatic ring is 1. The third kappa shape index (κ3) is 2.08. The van der Waals surface area contributed by atoms with Gasteiger partial charge in [0, 0.05) is 6.07 Å². The predicted octanol–water partition coefficient (Wildman–Crippen LogP) is 2.07. The topological polar surface area (TPSA) is 43.8 Å². The number of nitrogens with two attached hydrogens (primary N) is 1. The molecule has 0 atom stereocenters. The molecule has 0 radical (unpaired) electrons. The Morgan fingerprint density at radius 2 is 2.46 bits per heavy atom. The summed E-state index contributed by atoms with van der Waals surface area (Å²) in [5.74, 6) is 0.607. The number of hydrogen-bond acceptors (Lipinski definition) is 2. The van der Waals surface area contributed by atoms with Gasteiger partial charge in [-0.25, -0.2) is 4.68 Å². The van der Waals surface area contributed by atoms with E-state index in [1.54, 1.807) is 23.0 Å². The first-order valence-electron chi connectivity index (χ1n) is 4.05. The van der Waals surface area contributed by atoms with E-state index in [0.29, 0.717) is 5.82 Å². The summed E-state index contributed by atoms with van der Waals surface area (Å²) < 4.78 is 1.63. The molecule has 0 saturated carbocycles. The van der Waals surface area contributed by atoms with Crippen LogP contribution in [0.25, 0.3) is 5.70 Å². The van der Waals surface area contributed by atoms with Crippen LogP contribution >= 0.6 is 0 Å². The Kier molecular flexibility index (Phi) is 3.09. The van der Waals surface area contributed by atoms with Crippen LogP contribution in [-0.2, 0) is 0 Å². The van der Waals surface area contributed by atoms with Gasteiger partial charge in [-0.1, -0.05) is 18.7 Å². The van der Waals surface area contributed by atoms with Gasteiger partial charge < -0.3 is 5.73 Å². The molecule has 0 aliphatic rings. The summed E-state index contributed by atoms with van der Waals surface area (Å²) in [5, 5.41) is 4.06. The lowest BCUT2D eigenvalue weighted by molar-refractivity contribution is 0.921. The number of allylic oxidation sites excluding steroid dienone is 5. The standard InChI is InChI=1S/C10H13N3/c1-3-5-6-9(4-2)13-10(11)7-8-12-13/h3-8H,2,11H2,1H3/b5-3-,9-6+. The Balaban J connectivity index is 3.04. The van der Waals surface area contributed by atoms with E-state index in [-0.39, 0.29) is 0 Å². The molecule has 1 heterocycles. The second-order valence-electron chi connectivity index (χ2n) is 2.49. The van der Waals surface area contributed by atoms with Gasteiger partial charge in [0.05, 0.1) is 11.9 Å². The lowest BCUT2D eigenvalue weighted by atomic mass is 10.3. The number of nitrogens with zero attached hydrogens (tertiary/aromatic N) is 2. The molecule has 0 saturated heterocycles. The summed E-state index contributed by atoms with van der Waals surface area (Å²) >= 11 is 0. The fourth-order valence-electron chi connectivity index (χ4n) is 0.949. The molecular weight excluding hydrogens is 162 g/mol. The van der Waals surface area contributed by atoms with Crippen LogP contribution < -0.4 is 5.73 Å². The number of hydrogen-bond donors (Lipinski definition) is 1. The van der Waals surface area contributed by atoms with Crippen LogP contribution in [0, 0.1) is 0 Å². The van der Waals surface area contributed by atoms with Crippen LogP contribution in [0.1, 0.15) is 6.92 Å². The van der Waals surface area contributed by atoms with Crippen molar-refractivity contribution in [3.8, 4) is 0 Å². The maximum absolute atomic E-state index is 5.68. The third-order valence-electron chi connectivity index (χ3n) is 1.59.